The number of nitrogens with one attached hydrogen (secondary N) is 1. The maximum atomic E-state index is 11.5. The molecule has 0 bridgehead atoms. The number of carbonyl (C=O) groups is 1. The lowest BCUT2D eigenvalue weighted by Gasteiger charge is -2.24. The number of carboxylic acids is 1. The zero-order valence-electron chi connectivity index (χ0n) is 11.4. The van der Waals surface area contributed by atoms with E-state index in [9.17, 15) is 9.90 Å². The third kappa shape index (κ3) is 2.80. The summed E-state index contributed by atoms with van der Waals surface area (Å²) in [7, 11) is 0. The number of carboxylic acid groups (broad SMARTS) is 1. The molecule has 2 heterocycles. The van der Waals surface area contributed by atoms with Crippen LogP contribution in [0.25, 0.3) is 5.69 Å². The number of nitrogens with zero attached hydrogens (tertiary/aromatic N) is 2. The molecule has 110 valence electrons. The Morgan fingerprint density at radius 3 is 2.57 bits per heavy atom. The van der Waals surface area contributed by atoms with Crippen LogP contribution in [0.3, 0.4) is 0 Å². The van der Waals surface area contributed by atoms with E-state index in [4.69, 9.17) is 11.6 Å². The van der Waals surface area contributed by atoms with Crippen LogP contribution in [0, 0.1) is 0 Å². The highest BCUT2D eigenvalue weighted by Gasteiger charge is 2.26. The van der Waals surface area contributed by atoms with Crippen molar-refractivity contribution in [2.75, 3.05) is 13.1 Å². The topological polar surface area (TPSA) is 67.1 Å². The molecule has 1 aromatic heterocycles. The monoisotopic (exact) mass is 305 g/mol. The van der Waals surface area contributed by atoms with Crippen molar-refractivity contribution in [3.8, 4) is 5.69 Å². The van der Waals surface area contributed by atoms with Crippen LogP contribution in [0.4, 0.5) is 0 Å². The molecule has 0 atom stereocenters. The maximum absolute atomic E-state index is 11.5. The maximum Gasteiger partial charge on any atom is 0.339 e. The van der Waals surface area contributed by atoms with E-state index in [-0.39, 0.29) is 11.5 Å². The van der Waals surface area contributed by atoms with Crippen molar-refractivity contribution >= 4 is 17.6 Å². The number of aromatic nitrogens is 2. The van der Waals surface area contributed by atoms with E-state index < -0.39 is 5.97 Å². The van der Waals surface area contributed by atoms with Crippen molar-refractivity contribution in [2.45, 2.75) is 18.8 Å². The molecule has 3 rings (SSSR count). The van der Waals surface area contributed by atoms with E-state index >= 15 is 0 Å². The molecule has 0 unspecified atom stereocenters. The van der Waals surface area contributed by atoms with Gasteiger partial charge in [-0.3, -0.25) is 0 Å². The van der Waals surface area contributed by atoms with Crippen LogP contribution in [-0.4, -0.2) is 33.9 Å². The van der Waals surface area contributed by atoms with E-state index in [0.717, 1.165) is 37.3 Å². The first kappa shape index (κ1) is 14.1. The van der Waals surface area contributed by atoms with Gasteiger partial charge in [-0.05, 0) is 50.2 Å². The molecular formula is C15H16ClN3O2. The lowest BCUT2D eigenvalue weighted by molar-refractivity contribution is 0.0694. The number of hydrogen-bond donors (Lipinski definition) is 2. The fraction of sp³-hybridized carbons (Fsp3) is 0.333. The van der Waals surface area contributed by atoms with Gasteiger partial charge in [-0.15, -0.1) is 0 Å². The number of rotatable bonds is 3. The summed E-state index contributed by atoms with van der Waals surface area (Å²) < 4.78 is 1.73. The van der Waals surface area contributed by atoms with Crippen molar-refractivity contribution in [2.24, 2.45) is 0 Å². The number of piperidine rings is 1. The number of benzene rings is 1. The minimum absolute atomic E-state index is 0.204. The van der Waals surface area contributed by atoms with Gasteiger partial charge in [0.1, 0.15) is 5.56 Å². The molecule has 1 aliphatic rings. The van der Waals surface area contributed by atoms with Gasteiger partial charge in [-0.2, -0.15) is 5.10 Å². The van der Waals surface area contributed by atoms with Crippen LogP contribution in [-0.2, 0) is 0 Å². The second-order valence-electron chi connectivity index (χ2n) is 5.16. The van der Waals surface area contributed by atoms with Crippen molar-refractivity contribution in [1.82, 2.24) is 15.1 Å². The van der Waals surface area contributed by atoms with Crippen molar-refractivity contribution in [3.05, 3.63) is 46.7 Å². The first-order chi connectivity index (χ1) is 10.2. The third-order valence-corrected chi connectivity index (χ3v) is 4.09. The molecule has 6 heteroatoms. The molecule has 1 aliphatic heterocycles. The van der Waals surface area contributed by atoms with E-state index in [1.165, 1.54) is 6.20 Å². The zero-order valence-corrected chi connectivity index (χ0v) is 12.2. The fourth-order valence-corrected chi connectivity index (χ4v) is 2.92. The summed E-state index contributed by atoms with van der Waals surface area (Å²) in [5.41, 5.74) is 1.91. The lowest BCUT2D eigenvalue weighted by atomic mass is 9.92. The molecule has 2 aromatic rings. The molecule has 0 radical (unpaired) electrons. The van der Waals surface area contributed by atoms with Gasteiger partial charge < -0.3 is 10.4 Å². The third-order valence-electron chi connectivity index (χ3n) is 3.83. The molecular weight excluding hydrogens is 290 g/mol. The Balaban J connectivity index is 2.07. The standard InChI is InChI=1S/C15H16ClN3O2/c16-11-1-3-12(4-2-11)19-14(10-5-7-17-8-6-10)13(9-18-19)15(20)21/h1-4,9-10,17H,5-8H2,(H,20,21). The average Bonchev–Trinajstić information content (AvgIpc) is 2.94. The molecule has 5 nitrogen and oxygen atoms in total. The second-order valence-corrected chi connectivity index (χ2v) is 5.60. The van der Waals surface area contributed by atoms with E-state index in [2.05, 4.69) is 10.4 Å². The van der Waals surface area contributed by atoms with Crippen molar-refractivity contribution < 1.29 is 9.90 Å². The second kappa shape index (κ2) is 5.87. The highest BCUT2D eigenvalue weighted by Crippen LogP contribution is 2.30. The minimum Gasteiger partial charge on any atom is -0.478 e. The van der Waals surface area contributed by atoms with Crippen LogP contribution < -0.4 is 5.32 Å². The zero-order chi connectivity index (χ0) is 14.8. The van der Waals surface area contributed by atoms with E-state index in [1.807, 2.05) is 12.1 Å². The molecule has 21 heavy (non-hydrogen) atoms. The van der Waals surface area contributed by atoms with Crippen LogP contribution in [0.5, 0.6) is 0 Å². The van der Waals surface area contributed by atoms with Gasteiger partial charge >= 0.3 is 5.97 Å². The van der Waals surface area contributed by atoms with Crippen LogP contribution in [0.15, 0.2) is 30.5 Å². The number of hydrogen-bond acceptors (Lipinski definition) is 3. The summed E-state index contributed by atoms with van der Waals surface area (Å²) in [6, 6.07) is 7.27. The van der Waals surface area contributed by atoms with Gasteiger partial charge in [0.05, 0.1) is 17.6 Å². The van der Waals surface area contributed by atoms with E-state index in [1.54, 1.807) is 16.8 Å². The van der Waals surface area contributed by atoms with Gasteiger partial charge in [-0.1, -0.05) is 11.6 Å². The molecule has 0 spiro atoms. The molecule has 1 aromatic carbocycles. The van der Waals surface area contributed by atoms with Gasteiger partial charge in [0.25, 0.3) is 0 Å². The highest BCUT2D eigenvalue weighted by atomic mass is 35.5. The Bertz CT molecular complexity index is 645. The summed E-state index contributed by atoms with van der Waals surface area (Å²) in [6.45, 7) is 1.80. The van der Waals surface area contributed by atoms with Crippen molar-refractivity contribution in [1.29, 1.82) is 0 Å². The number of aromatic carboxylic acids is 1. The van der Waals surface area contributed by atoms with Gasteiger partial charge in [0.15, 0.2) is 0 Å². The minimum atomic E-state index is -0.927. The van der Waals surface area contributed by atoms with Gasteiger partial charge in [-0.25, -0.2) is 9.48 Å². The first-order valence-electron chi connectivity index (χ1n) is 6.94. The Kier molecular flexibility index (Phi) is 3.94. The lowest BCUT2D eigenvalue weighted by Crippen LogP contribution is -2.28. The molecule has 0 saturated carbocycles. The van der Waals surface area contributed by atoms with Gasteiger partial charge in [0.2, 0.25) is 0 Å². The smallest absolute Gasteiger partial charge is 0.339 e. The Hall–Kier alpha value is -1.85. The highest BCUT2D eigenvalue weighted by molar-refractivity contribution is 6.30. The summed E-state index contributed by atoms with van der Waals surface area (Å²) >= 11 is 5.91. The summed E-state index contributed by atoms with van der Waals surface area (Å²) in [5.74, 6) is -0.723. The SMILES string of the molecule is O=C(O)c1cnn(-c2ccc(Cl)cc2)c1C1CCNCC1. The first-order valence-corrected chi connectivity index (χ1v) is 7.32. The summed E-state index contributed by atoms with van der Waals surface area (Å²) in [5, 5.41) is 17.6. The fourth-order valence-electron chi connectivity index (χ4n) is 2.80. The molecule has 0 aliphatic carbocycles. The predicted octanol–water partition coefficient (Wildman–Crippen LogP) is 2.69. The molecule has 1 fully saturated rings. The summed E-state index contributed by atoms with van der Waals surface area (Å²) in [4.78, 5) is 11.5. The molecule has 0 amide bonds. The Morgan fingerprint density at radius 2 is 1.95 bits per heavy atom. The Morgan fingerprint density at radius 1 is 1.29 bits per heavy atom. The quantitative estimate of drug-likeness (QED) is 0.915. The molecule has 2 N–H and O–H groups in total. The van der Waals surface area contributed by atoms with Crippen molar-refractivity contribution in [3.63, 3.8) is 0 Å². The number of halogens is 1. The molecule has 1 saturated heterocycles. The summed E-state index contributed by atoms with van der Waals surface area (Å²) in [6.07, 6.45) is 3.27. The van der Waals surface area contributed by atoms with Crippen LogP contribution in [0.2, 0.25) is 5.02 Å². The van der Waals surface area contributed by atoms with Crippen LogP contribution >= 0.6 is 11.6 Å². The van der Waals surface area contributed by atoms with E-state index in [0.29, 0.717) is 5.02 Å². The Labute approximate surface area is 127 Å². The van der Waals surface area contributed by atoms with Gasteiger partial charge in [0, 0.05) is 10.9 Å². The largest absolute Gasteiger partial charge is 0.478 e. The normalized spacial score (nSPS) is 16.0. The average molecular weight is 306 g/mol. The predicted molar refractivity (Wildman–Crippen MR) is 80.4 cm³/mol. The van der Waals surface area contributed by atoms with Crippen LogP contribution in [0.1, 0.15) is 34.8 Å².